The van der Waals surface area contributed by atoms with Gasteiger partial charge in [-0.1, -0.05) is 23.1 Å². The van der Waals surface area contributed by atoms with Crippen molar-refractivity contribution in [1.82, 2.24) is 20.0 Å². The van der Waals surface area contributed by atoms with Crippen LogP contribution in [0.25, 0.3) is 0 Å². The molecule has 3 aliphatic rings. The fourth-order valence-corrected chi connectivity index (χ4v) is 5.96. The quantitative estimate of drug-likeness (QED) is 0.269. The molecule has 0 saturated carbocycles. The molecule has 3 aliphatic heterocycles. The average molecular weight is 456 g/mol. The van der Waals surface area contributed by atoms with Gasteiger partial charge in [0.25, 0.3) is 5.91 Å². The molecule has 1 aromatic rings. The number of aromatic nitrogens is 2. The molecule has 0 N–H and O–H groups in total. The zero-order valence-corrected chi connectivity index (χ0v) is 18.9. The molecule has 2 amide bonds. The number of likely N-dealkylation sites (tertiary alicyclic amines) is 1. The maximum absolute atomic E-state index is 12.8. The first-order chi connectivity index (χ1) is 13.1. The van der Waals surface area contributed by atoms with E-state index >= 15 is 0 Å². The molecule has 14 heteroatoms. The largest absolute Gasteiger partial charge is 1.00 e. The van der Waals surface area contributed by atoms with Gasteiger partial charge >= 0.3 is 41.6 Å². The zero-order valence-electron chi connectivity index (χ0n) is 15.2. The van der Waals surface area contributed by atoms with Crippen LogP contribution in [0.1, 0.15) is 11.4 Å². The minimum atomic E-state index is -5.09. The van der Waals surface area contributed by atoms with Crippen LogP contribution in [0.4, 0.5) is 13.2 Å². The second kappa shape index (κ2) is 7.84. The topological polar surface area (TPSA) is 107 Å². The molecule has 0 aromatic carbocycles. The molecule has 1 unspecified atom stereocenters. The van der Waals surface area contributed by atoms with E-state index in [4.69, 9.17) is 0 Å². The fourth-order valence-electron chi connectivity index (χ4n) is 4.04. The summed E-state index contributed by atoms with van der Waals surface area (Å²) in [6, 6.07) is -2.10. The Balaban J connectivity index is 0.00000240. The number of amides is 2. The third kappa shape index (κ3) is 3.60. The number of carboxylic acids is 1. The Kier molecular flexibility index (Phi) is 6.09. The van der Waals surface area contributed by atoms with Gasteiger partial charge < -0.3 is 19.7 Å². The van der Waals surface area contributed by atoms with Crippen LogP contribution in [-0.2, 0) is 14.4 Å². The first kappa shape index (κ1) is 22.5. The summed E-state index contributed by atoms with van der Waals surface area (Å²) in [5.41, 5.74) is 0.129. The number of aliphatic carboxylic acids is 1. The minimum absolute atomic E-state index is 0. The number of aryl methyl sites for hydroxylation is 1. The number of piperidine rings is 1. The molecule has 0 bridgehead atoms. The predicted molar refractivity (Wildman–Crippen MR) is 87.7 cm³/mol. The number of halogens is 3. The predicted octanol–water partition coefficient (Wildman–Crippen LogP) is -3.05. The van der Waals surface area contributed by atoms with Gasteiger partial charge in [-0.05, 0) is 18.9 Å². The first-order valence-electron chi connectivity index (χ1n) is 8.19. The van der Waals surface area contributed by atoms with Crippen LogP contribution >= 0.6 is 23.1 Å². The molecular formula is C15H12F3N4NaO4S2. The van der Waals surface area contributed by atoms with Gasteiger partial charge in [0, 0.05) is 18.2 Å². The van der Waals surface area contributed by atoms with Crippen molar-refractivity contribution in [2.24, 2.45) is 5.92 Å². The Morgan fingerprint density at radius 2 is 2.03 bits per heavy atom. The molecule has 8 nitrogen and oxygen atoms in total. The van der Waals surface area contributed by atoms with Crippen LogP contribution in [-0.4, -0.2) is 68.3 Å². The smallest absolute Gasteiger partial charge is 0.543 e. The van der Waals surface area contributed by atoms with Gasteiger partial charge in [-0.2, -0.15) is 13.2 Å². The Morgan fingerprint density at radius 3 is 2.59 bits per heavy atom. The second-order valence-electron chi connectivity index (χ2n) is 6.57. The average Bonchev–Trinajstić information content (AvgIpc) is 3.17. The van der Waals surface area contributed by atoms with Crippen molar-refractivity contribution >= 4 is 40.9 Å². The van der Waals surface area contributed by atoms with Crippen LogP contribution < -0.4 is 34.7 Å². The normalized spacial score (nSPS) is 25.5. The number of nitrogens with zero attached hydrogens (tertiary/aromatic N) is 4. The van der Waals surface area contributed by atoms with E-state index < -0.39 is 42.0 Å². The van der Waals surface area contributed by atoms with Gasteiger partial charge in [0.15, 0.2) is 4.34 Å². The van der Waals surface area contributed by atoms with Crippen LogP contribution in [0.3, 0.4) is 0 Å². The Morgan fingerprint density at radius 1 is 1.34 bits per heavy atom. The maximum Gasteiger partial charge on any atom is 1.00 e. The van der Waals surface area contributed by atoms with E-state index in [0.29, 0.717) is 14.8 Å². The molecule has 0 spiro atoms. The summed E-state index contributed by atoms with van der Waals surface area (Å²) < 4.78 is 39.1. The summed E-state index contributed by atoms with van der Waals surface area (Å²) in [7, 11) is 0. The van der Waals surface area contributed by atoms with Crippen LogP contribution in [0.2, 0.25) is 0 Å². The number of β-lactam (4-membered cyclic amide) rings is 1. The van der Waals surface area contributed by atoms with Crippen LogP contribution in [0.5, 0.6) is 0 Å². The number of rotatable bonds is 4. The van der Waals surface area contributed by atoms with Gasteiger partial charge in [0.2, 0.25) is 0 Å². The van der Waals surface area contributed by atoms with Gasteiger partial charge in [0.05, 0.1) is 17.7 Å². The fraction of sp³-hybridized carbons (Fsp3) is 0.533. The number of carbonyl (C=O) groups is 3. The van der Waals surface area contributed by atoms with E-state index in [1.54, 1.807) is 6.92 Å². The monoisotopic (exact) mass is 456 g/mol. The van der Waals surface area contributed by atoms with E-state index in [-0.39, 0.29) is 54.0 Å². The van der Waals surface area contributed by atoms with Gasteiger partial charge in [-0.3, -0.25) is 9.59 Å². The molecule has 2 fully saturated rings. The third-order valence-corrected chi connectivity index (χ3v) is 7.11. The number of hydrogen-bond acceptors (Lipinski definition) is 8. The maximum atomic E-state index is 12.8. The van der Waals surface area contributed by atoms with E-state index in [9.17, 15) is 32.7 Å². The third-order valence-electron chi connectivity index (χ3n) is 5.09. The molecule has 4 rings (SSSR count). The Labute approximate surface area is 192 Å². The summed E-state index contributed by atoms with van der Waals surface area (Å²) >= 11 is 2.57. The summed E-state index contributed by atoms with van der Waals surface area (Å²) in [4.78, 5) is 37.3. The van der Waals surface area contributed by atoms with E-state index in [0.717, 1.165) is 9.91 Å². The van der Waals surface area contributed by atoms with E-state index in [2.05, 4.69) is 10.2 Å². The summed E-state index contributed by atoms with van der Waals surface area (Å²) in [5.74, 6) is -4.69. The molecule has 29 heavy (non-hydrogen) atoms. The zero-order chi connectivity index (χ0) is 20.4. The molecule has 4 heterocycles. The van der Waals surface area contributed by atoms with Gasteiger partial charge in [0.1, 0.15) is 11.0 Å². The molecular weight excluding hydrogens is 444 g/mol. The Hall–Kier alpha value is -1.15. The first-order valence-corrected chi connectivity index (χ1v) is 9.99. The summed E-state index contributed by atoms with van der Waals surface area (Å²) in [6.45, 7) is 1.50. The summed E-state index contributed by atoms with van der Waals surface area (Å²) in [5, 5.41) is 20.2. The van der Waals surface area contributed by atoms with Gasteiger partial charge in [-0.15, -0.1) is 10.2 Å². The molecule has 0 radical (unpaired) electrons. The van der Waals surface area contributed by atoms with Crippen molar-refractivity contribution in [3.8, 4) is 0 Å². The SMILES string of the molecule is Cc1nnc(SCC2=C(C(=O)[O-])N3C(=O)[C@@H]4[C@H]3C2CCN4C(=O)C(F)(F)F)s1.[Na+]. The number of hydrogen-bond donors (Lipinski definition) is 0. The van der Waals surface area contributed by atoms with Crippen molar-refractivity contribution in [3.63, 3.8) is 0 Å². The van der Waals surface area contributed by atoms with E-state index in [1.807, 2.05) is 0 Å². The van der Waals surface area contributed by atoms with Crippen molar-refractivity contribution in [3.05, 3.63) is 16.3 Å². The standard InChI is InChI=1S/C15H13F3N4O4S2.Na/c1-5-19-20-14(28-5)27-4-7-6-2-3-21(13(26)15(16,17)18)10-8(6)22(11(10)23)9(7)12(24)25;/h6,8,10H,2-4H2,1H3,(H,24,25);/q;+1/p-1/t6?,8-,10+;/m1./s1. The van der Waals surface area contributed by atoms with Crippen molar-refractivity contribution < 1.29 is 62.2 Å². The van der Waals surface area contributed by atoms with Gasteiger partial charge in [-0.25, -0.2) is 0 Å². The summed E-state index contributed by atoms with van der Waals surface area (Å²) in [6.07, 6.45) is -4.96. The molecule has 150 valence electrons. The van der Waals surface area contributed by atoms with Crippen molar-refractivity contribution in [2.75, 3.05) is 12.3 Å². The minimum Gasteiger partial charge on any atom is -0.543 e. The second-order valence-corrected chi connectivity index (χ2v) is 8.98. The van der Waals surface area contributed by atoms with Crippen molar-refractivity contribution in [2.45, 2.75) is 35.9 Å². The van der Waals surface area contributed by atoms with Crippen LogP contribution in [0.15, 0.2) is 15.6 Å². The Bertz CT molecular complexity index is 922. The number of carbonyl (C=O) groups excluding carboxylic acids is 3. The van der Waals surface area contributed by atoms with Crippen molar-refractivity contribution in [1.29, 1.82) is 0 Å². The molecule has 1 aromatic heterocycles. The van der Waals surface area contributed by atoms with E-state index in [1.165, 1.54) is 23.1 Å². The number of thioether (sulfide) groups is 1. The van der Waals surface area contributed by atoms with Crippen LogP contribution in [0, 0.1) is 12.8 Å². The molecule has 3 atom stereocenters. The molecule has 2 saturated heterocycles. The molecule has 0 aliphatic carbocycles. The number of alkyl halides is 3. The number of carboxylic acid groups (broad SMARTS) is 1.